The summed E-state index contributed by atoms with van der Waals surface area (Å²) in [4.78, 5) is 37.5. The van der Waals surface area contributed by atoms with Crippen LogP contribution >= 0.6 is 7.82 Å². The fraction of sp³-hybridized carbons (Fsp3) is 0.695. The number of phosphoric acid groups is 1. The fourth-order valence-electron chi connectivity index (χ4n) is 7.38. The number of quaternary nitrogens is 1. The number of rotatable bonds is 48. The molecule has 0 saturated carbocycles. The van der Waals surface area contributed by atoms with Gasteiger partial charge in [0.25, 0.3) is 0 Å². The molecule has 69 heavy (non-hydrogen) atoms. The highest BCUT2D eigenvalue weighted by Crippen LogP contribution is 2.43. The third-order valence-corrected chi connectivity index (χ3v) is 12.7. The Balaban J connectivity index is 5.54. The molecule has 0 aliphatic carbocycles. The average molecular weight is 984 g/mol. The molecule has 0 aromatic heterocycles. The molecule has 0 saturated heterocycles. The van der Waals surface area contributed by atoms with Crippen molar-refractivity contribution in [3.05, 3.63) is 97.2 Å². The minimum atomic E-state index is -4.46. The van der Waals surface area contributed by atoms with Crippen LogP contribution in [0.2, 0.25) is 0 Å². The number of phosphoric ester groups is 1. The van der Waals surface area contributed by atoms with Crippen LogP contribution in [0.15, 0.2) is 97.2 Å². The molecule has 1 amide bonds. The maximum Gasteiger partial charge on any atom is 0.472 e. The maximum absolute atomic E-state index is 13.5. The monoisotopic (exact) mass is 984 g/mol. The van der Waals surface area contributed by atoms with Gasteiger partial charge in [0, 0.05) is 12.8 Å². The summed E-state index contributed by atoms with van der Waals surface area (Å²) in [6.45, 7) is 6.79. The molecule has 3 unspecified atom stereocenters. The molecule has 0 aromatic carbocycles. The summed E-state index contributed by atoms with van der Waals surface area (Å²) in [6, 6.07) is -0.878. The molecule has 0 heterocycles. The van der Waals surface area contributed by atoms with E-state index >= 15 is 0 Å². The Morgan fingerprint density at radius 2 is 0.942 bits per heavy atom. The first kappa shape index (κ1) is 65.9. The van der Waals surface area contributed by atoms with Crippen molar-refractivity contribution in [2.45, 2.75) is 226 Å². The van der Waals surface area contributed by atoms with E-state index in [4.69, 9.17) is 13.8 Å². The van der Waals surface area contributed by atoms with Crippen LogP contribution in [0.3, 0.4) is 0 Å². The van der Waals surface area contributed by atoms with Gasteiger partial charge in [0.05, 0.1) is 33.8 Å². The number of ether oxygens (including phenoxy) is 1. The quantitative estimate of drug-likeness (QED) is 0.0156. The van der Waals surface area contributed by atoms with E-state index in [1.807, 2.05) is 94.1 Å². The third kappa shape index (κ3) is 49.7. The van der Waals surface area contributed by atoms with Crippen molar-refractivity contribution in [3.8, 4) is 0 Å². The van der Waals surface area contributed by atoms with Gasteiger partial charge in [0.2, 0.25) is 5.91 Å². The highest BCUT2D eigenvalue weighted by Gasteiger charge is 2.30. The summed E-state index contributed by atoms with van der Waals surface area (Å²) < 4.78 is 30.5. The molecular weight excluding hydrogens is 880 g/mol. The van der Waals surface area contributed by atoms with Crippen LogP contribution in [-0.2, 0) is 27.9 Å². The van der Waals surface area contributed by atoms with Crippen LogP contribution in [0.25, 0.3) is 0 Å². The second-order valence-corrected chi connectivity index (χ2v) is 21.0. The van der Waals surface area contributed by atoms with Crippen LogP contribution in [0.4, 0.5) is 0 Å². The normalized spacial score (nSPS) is 14.6. The van der Waals surface area contributed by atoms with E-state index in [-0.39, 0.29) is 31.5 Å². The lowest BCUT2D eigenvalue weighted by Crippen LogP contribution is -2.47. The second kappa shape index (κ2) is 48.6. The van der Waals surface area contributed by atoms with Gasteiger partial charge in [0.1, 0.15) is 19.3 Å². The minimum Gasteiger partial charge on any atom is -0.456 e. The van der Waals surface area contributed by atoms with Crippen molar-refractivity contribution >= 4 is 19.7 Å². The van der Waals surface area contributed by atoms with Gasteiger partial charge in [0.15, 0.2) is 0 Å². The maximum atomic E-state index is 13.5. The number of unbranched alkanes of at least 4 members (excludes halogenated alkanes) is 23. The molecule has 0 radical (unpaired) electrons. The van der Waals surface area contributed by atoms with Crippen LogP contribution in [-0.4, -0.2) is 74.3 Å². The molecule has 0 bridgehead atoms. The van der Waals surface area contributed by atoms with E-state index in [0.717, 1.165) is 70.6 Å². The second-order valence-electron chi connectivity index (χ2n) is 19.5. The molecule has 2 N–H and O–H groups in total. The Morgan fingerprint density at radius 1 is 0.522 bits per heavy atom. The van der Waals surface area contributed by atoms with Crippen molar-refractivity contribution in [1.29, 1.82) is 0 Å². The molecule has 396 valence electrons. The van der Waals surface area contributed by atoms with Gasteiger partial charge in [-0.25, -0.2) is 4.57 Å². The van der Waals surface area contributed by atoms with Gasteiger partial charge < -0.3 is 19.4 Å². The number of hydrogen-bond acceptors (Lipinski definition) is 6. The van der Waals surface area contributed by atoms with Gasteiger partial charge in [-0.2, -0.15) is 0 Å². The number of allylic oxidation sites excluding steroid dienone is 15. The number of hydrogen-bond donors (Lipinski definition) is 2. The standard InChI is InChI=1S/C59H103N2O7P/c1-7-10-13-16-19-22-25-28-29-30-31-34-37-40-43-46-49-52-59(63)68-57(50-47-44-41-38-35-32-26-23-20-17-14-11-8-2)56(55-67-69(64,65)66-54-53-61(4,5)6)60-58(62)51-48-45-42-39-36-33-27-24-21-18-15-12-9-3/h10,13,16,19,22,25,28-31,33-34,36-37,47,50,56-57H,7-9,11-12,14-15,17-18,20-21,23-24,26-27,32,35,38-46,48-49,51-55H2,1-6H3,(H-,60,62,64,65)/p+1/b13-10-,19-16+,25-22+,29-28-,31-30+,36-33-,37-34+,50-47+. The van der Waals surface area contributed by atoms with Gasteiger partial charge >= 0.3 is 13.8 Å². The summed E-state index contributed by atoms with van der Waals surface area (Å²) in [6.07, 6.45) is 64.0. The molecule has 0 aromatic rings. The lowest BCUT2D eigenvalue weighted by Gasteiger charge is -2.27. The Kier molecular flexibility index (Phi) is 46.4. The minimum absolute atomic E-state index is 0.0252. The van der Waals surface area contributed by atoms with Gasteiger partial charge in [-0.15, -0.1) is 0 Å². The Labute approximate surface area is 424 Å². The zero-order valence-corrected chi connectivity index (χ0v) is 45.9. The zero-order chi connectivity index (χ0) is 50.8. The summed E-state index contributed by atoms with van der Waals surface area (Å²) in [7, 11) is 1.45. The molecule has 0 aliphatic rings. The summed E-state index contributed by atoms with van der Waals surface area (Å²) in [5, 5.41) is 3.02. The SMILES string of the molecule is CC\C=C/C=C/C=C/C=C\C=C\C=C\CCCCCC(=O)OC(/C=C/CCCCCCCCCCCCC)C(COP(=O)(O)OCC[N+](C)(C)C)NC(=O)CCCCC/C=C\CCCCCCCC. The number of amides is 1. The smallest absolute Gasteiger partial charge is 0.456 e. The first-order chi connectivity index (χ1) is 33.4. The first-order valence-corrected chi connectivity index (χ1v) is 29.1. The zero-order valence-electron chi connectivity index (χ0n) is 45.0. The molecule has 0 rings (SSSR count). The van der Waals surface area contributed by atoms with E-state index in [9.17, 15) is 19.0 Å². The predicted octanol–water partition coefficient (Wildman–Crippen LogP) is 16.4. The van der Waals surface area contributed by atoms with E-state index in [1.54, 1.807) is 0 Å². The van der Waals surface area contributed by atoms with Crippen LogP contribution in [0.1, 0.15) is 213 Å². The van der Waals surface area contributed by atoms with Gasteiger partial charge in [-0.05, 0) is 76.7 Å². The molecular formula is C59H104N2O7P+. The van der Waals surface area contributed by atoms with Gasteiger partial charge in [-0.3, -0.25) is 18.6 Å². The Bertz CT molecular complexity index is 1510. The van der Waals surface area contributed by atoms with E-state index in [2.05, 4.69) is 50.4 Å². The summed E-state index contributed by atoms with van der Waals surface area (Å²) >= 11 is 0. The first-order valence-electron chi connectivity index (χ1n) is 27.6. The number of carbonyl (C=O) groups excluding carboxylic acids is 2. The summed E-state index contributed by atoms with van der Waals surface area (Å²) in [5.41, 5.74) is 0. The van der Waals surface area contributed by atoms with Crippen LogP contribution in [0, 0.1) is 0 Å². The predicted molar refractivity (Wildman–Crippen MR) is 295 cm³/mol. The number of likely N-dealkylation sites (N-methyl/N-ethyl adjacent to an activating group) is 1. The third-order valence-electron chi connectivity index (χ3n) is 11.7. The highest BCUT2D eigenvalue weighted by molar-refractivity contribution is 7.47. The van der Waals surface area contributed by atoms with Crippen molar-refractivity contribution in [2.75, 3.05) is 40.9 Å². The lowest BCUT2D eigenvalue weighted by molar-refractivity contribution is -0.870. The van der Waals surface area contributed by atoms with Crippen LogP contribution < -0.4 is 5.32 Å². The average Bonchev–Trinajstić information content (AvgIpc) is 3.31. The fourth-order valence-corrected chi connectivity index (χ4v) is 8.11. The van der Waals surface area contributed by atoms with Crippen molar-refractivity contribution < 1.29 is 37.3 Å². The van der Waals surface area contributed by atoms with E-state index in [1.165, 1.54) is 96.3 Å². The van der Waals surface area contributed by atoms with Crippen molar-refractivity contribution in [3.63, 3.8) is 0 Å². The summed E-state index contributed by atoms with van der Waals surface area (Å²) in [5.74, 6) is -0.582. The molecule has 10 heteroatoms. The molecule has 3 atom stereocenters. The van der Waals surface area contributed by atoms with Crippen LogP contribution in [0.5, 0.6) is 0 Å². The highest BCUT2D eigenvalue weighted by atomic mass is 31.2. The van der Waals surface area contributed by atoms with Gasteiger partial charge in [-0.1, -0.05) is 221 Å². The largest absolute Gasteiger partial charge is 0.472 e. The molecule has 9 nitrogen and oxygen atoms in total. The van der Waals surface area contributed by atoms with E-state index < -0.39 is 20.0 Å². The lowest BCUT2D eigenvalue weighted by atomic mass is 10.0. The Morgan fingerprint density at radius 3 is 1.43 bits per heavy atom. The number of esters is 1. The number of carbonyl (C=O) groups is 2. The topological polar surface area (TPSA) is 111 Å². The molecule has 0 aliphatic heterocycles. The molecule has 0 spiro atoms. The van der Waals surface area contributed by atoms with Crippen molar-refractivity contribution in [2.24, 2.45) is 0 Å². The molecule has 0 fully saturated rings. The van der Waals surface area contributed by atoms with Crippen molar-refractivity contribution in [1.82, 2.24) is 5.32 Å². The number of nitrogens with zero attached hydrogens (tertiary/aromatic N) is 1. The Hall–Kier alpha value is -3.07. The van der Waals surface area contributed by atoms with E-state index in [0.29, 0.717) is 30.3 Å². The number of nitrogens with one attached hydrogen (secondary N) is 1.